The zero-order valence-corrected chi connectivity index (χ0v) is 14.8. The molecule has 6 heteroatoms. The third-order valence-electron chi connectivity index (χ3n) is 3.48. The molecular formula is C20H19NO5. The van der Waals surface area contributed by atoms with Crippen LogP contribution >= 0.6 is 0 Å². The van der Waals surface area contributed by atoms with Gasteiger partial charge in [-0.2, -0.15) is 0 Å². The number of carbonyl (C=O) groups is 3. The summed E-state index contributed by atoms with van der Waals surface area (Å²) in [5, 5.41) is 0. The molecule has 0 unspecified atom stereocenters. The maximum Gasteiger partial charge on any atom is 0.356 e. The lowest BCUT2D eigenvalue weighted by Gasteiger charge is -2.02. The van der Waals surface area contributed by atoms with Gasteiger partial charge in [-0.25, -0.2) is 9.59 Å². The number of rotatable bonds is 5. The first kappa shape index (κ1) is 19.0. The Bertz CT molecular complexity index is 846. The molecule has 0 amide bonds. The summed E-state index contributed by atoms with van der Waals surface area (Å²) >= 11 is 0. The molecule has 0 aliphatic carbocycles. The molecule has 6 nitrogen and oxygen atoms in total. The van der Waals surface area contributed by atoms with Crippen molar-refractivity contribution in [1.82, 2.24) is 4.98 Å². The molecule has 1 N–H and O–H groups in total. The van der Waals surface area contributed by atoms with Gasteiger partial charge in [0.1, 0.15) is 5.69 Å². The van der Waals surface area contributed by atoms with Crippen molar-refractivity contribution in [3.05, 3.63) is 58.4 Å². The normalized spacial score (nSPS) is 9.81. The number of aromatic amines is 1. The monoisotopic (exact) mass is 353 g/mol. The number of ketones is 1. The predicted octanol–water partition coefficient (Wildman–Crippen LogP) is 2.97. The minimum absolute atomic E-state index is 0.0376. The molecule has 0 atom stereocenters. The van der Waals surface area contributed by atoms with E-state index < -0.39 is 11.9 Å². The minimum Gasteiger partial charge on any atom is -0.462 e. The van der Waals surface area contributed by atoms with E-state index in [0.717, 1.165) is 0 Å². The SMILES string of the molecule is CCOC(=O)c1c[nH]c(C(=O)OCC)c1C#Cc1ccc(C(C)=O)cc1. The smallest absolute Gasteiger partial charge is 0.356 e. The number of aromatic nitrogens is 1. The first-order valence-electron chi connectivity index (χ1n) is 8.16. The Morgan fingerprint density at radius 3 is 2.15 bits per heavy atom. The number of carbonyl (C=O) groups excluding carboxylic acids is 3. The molecule has 134 valence electrons. The van der Waals surface area contributed by atoms with Crippen molar-refractivity contribution >= 4 is 17.7 Å². The van der Waals surface area contributed by atoms with E-state index in [0.29, 0.717) is 11.1 Å². The molecule has 2 aromatic rings. The quantitative estimate of drug-likeness (QED) is 0.507. The van der Waals surface area contributed by atoms with Crippen molar-refractivity contribution in [2.75, 3.05) is 13.2 Å². The van der Waals surface area contributed by atoms with Crippen LogP contribution in [-0.4, -0.2) is 35.9 Å². The van der Waals surface area contributed by atoms with Crippen molar-refractivity contribution in [2.24, 2.45) is 0 Å². The second kappa shape index (κ2) is 8.67. The Kier molecular flexibility index (Phi) is 6.34. The lowest BCUT2D eigenvalue weighted by molar-refractivity contribution is 0.0518. The number of Topliss-reactive ketones (excluding diaryl/α,β-unsaturated/α-hetero) is 1. The van der Waals surface area contributed by atoms with E-state index in [1.165, 1.54) is 13.1 Å². The highest BCUT2D eigenvalue weighted by Crippen LogP contribution is 2.16. The van der Waals surface area contributed by atoms with E-state index in [9.17, 15) is 14.4 Å². The highest BCUT2D eigenvalue weighted by molar-refractivity contribution is 5.99. The van der Waals surface area contributed by atoms with Gasteiger partial charge in [0.25, 0.3) is 0 Å². The first-order chi connectivity index (χ1) is 12.5. The highest BCUT2D eigenvalue weighted by atomic mass is 16.5. The van der Waals surface area contributed by atoms with Crippen LogP contribution in [0.4, 0.5) is 0 Å². The molecule has 0 saturated heterocycles. The maximum atomic E-state index is 12.1. The summed E-state index contributed by atoms with van der Waals surface area (Å²) in [4.78, 5) is 38.2. The number of esters is 2. The number of hydrogen-bond acceptors (Lipinski definition) is 5. The summed E-state index contributed by atoms with van der Waals surface area (Å²) in [7, 11) is 0. The lowest BCUT2D eigenvalue weighted by atomic mass is 10.1. The highest BCUT2D eigenvalue weighted by Gasteiger charge is 2.22. The molecule has 1 aromatic carbocycles. The van der Waals surface area contributed by atoms with Gasteiger partial charge in [0.2, 0.25) is 0 Å². The first-order valence-corrected chi connectivity index (χ1v) is 8.16. The molecule has 1 heterocycles. The van der Waals surface area contributed by atoms with E-state index in [1.54, 1.807) is 38.1 Å². The van der Waals surface area contributed by atoms with Crippen LogP contribution in [0, 0.1) is 11.8 Å². The summed E-state index contributed by atoms with van der Waals surface area (Å²) in [5.41, 5.74) is 1.71. The van der Waals surface area contributed by atoms with Crippen molar-refractivity contribution < 1.29 is 23.9 Å². The number of hydrogen-bond donors (Lipinski definition) is 1. The molecule has 0 aliphatic heterocycles. The molecule has 0 bridgehead atoms. The van der Waals surface area contributed by atoms with Crippen LogP contribution in [-0.2, 0) is 9.47 Å². The fourth-order valence-electron chi connectivity index (χ4n) is 2.21. The Hall–Kier alpha value is -3.33. The van der Waals surface area contributed by atoms with E-state index in [1.807, 2.05) is 0 Å². The Morgan fingerprint density at radius 1 is 0.962 bits per heavy atom. The minimum atomic E-state index is -0.598. The van der Waals surface area contributed by atoms with Crippen molar-refractivity contribution in [3.63, 3.8) is 0 Å². The molecule has 0 fully saturated rings. The van der Waals surface area contributed by atoms with Crippen LogP contribution in [0.15, 0.2) is 30.5 Å². The van der Waals surface area contributed by atoms with Gasteiger partial charge < -0.3 is 14.5 Å². The zero-order valence-electron chi connectivity index (χ0n) is 14.8. The van der Waals surface area contributed by atoms with Crippen molar-refractivity contribution in [1.29, 1.82) is 0 Å². The standard InChI is InChI=1S/C20H19NO5/c1-4-25-19(23)17-12-21-18(20(24)26-5-2)16(17)11-8-14-6-9-15(10-7-14)13(3)22/h6-7,9-10,12,21H,4-5H2,1-3H3. The molecule has 2 rings (SSSR count). The molecule has 0 spiro atoms. The van der Waals surface area contributed by atoms with E-state index in [4.69, 9.17) is 9.47 Å². The maximum absolute atomic E-state index is 12.1. The van der Waals surface area contributed by atoms with Crippen LogP contribution in [0.1, 0.15) is 63.1 Å². The van der Waals surface area contributed by atoms with Gasteiger partial charge in [-0.15, -0.1) is 0 Å². The molecule has 0 aliphatic rings. The van der Waals surface area contributed by atoms with Crippen molar-refractivity contribution in [3.8, 4) is 11.8 Å². The van der Waals surface area contributed by atoms with Crippen LogP contribution in [0.3, 0.4) is 0 Å². The second-order valence-corrected chi connectivity index (χ2v) is 5.28. The zero-order chi connectivity index (χ0) is 19.1. The average molecular weight is 353 g/mol. The molecule has 1 aromatic heterocycles. The third-order valence-corrected chi connectivity index (χ3v) is 3.48. The summed E-state index contributed by atoms with van der Waals surface area (Å²) < 4.78 is 9.99. The fraction of sp³-hybridized carbons (Fsp3) is 0.250. The molecule has 0 saturated carbocycles. The summed E-state index contributed by atoms with van der Waals surface area (Å²) in [6.07, 6.45) is 1.38. The predicted molar refractivity (Wildman–Crippen MR) is 95.1 cm³/mol. The Labute approximate surface area is 151 Å². The Morgan fingerprint density at radius 2 is 1.58 bits per heavy atom. The number of benzene rings is 1. The summed E-state index contributed by atoms with van der Waals surface area (Å²) in [6, 6.07) is 6.74. The van der Waals surface area contributed by atoms with Gasteiger partial charge in [-0.3, -0.25) is 4.79 Å². The molecule has 0 radical (unpaired) electrons. The van der Waals surface area contributed by atoms with Gasteiger partial charge in [0.05, 0.1) is 24.3 Å². The van der Waals surface area contributed by atoms with Crippen LogP contribution in [0.5, 0.6) is 0 Å². The average Bonchev–Trinajstić information content (AvgIpc) is 3.04. The summed E-state index contributed by atoms with van der Waals surface area (Å²) in [5.74, 6) is 4.52. The Balaban J connectivity index is 2.42. The van der Waals surface area contributed by atoms with E-state index in [-0.39, 0.29) is 35.8 Å². The molecule has 26 heavy (non-hydrogen) atoms. The van der Waals surface area contributed by atoms with Gasteiger partial charge in [0, 0.05) is 17.3 Å². The number of nitrogens with one attached hydrogen (secondary N) is 1. The summed E-state index contributed by atoms with van der Waals surface area (Å²) in [6.45, 7) is 5.27. The van der Waals surface area contributed by atoms with E-state index >= 15 is 0 Å². The number of H-pyrrole nitrogens is 1. The van der Waals surface area contributed by atoms with Crippen LogP contribution in [0.2, 0.25) is 0 Å². The fourth-order valence-corrected chi connectivity index (χ4v) is 2.21. The van der Waals surface area contributed by atoms with Crippen LogP contribution in [0.25, 0.3) is 0 Å². The third kappa shape index (κ3) is 4.39. The van der Waals surface area contributed by atoms with Gasteiger partial charge >= 0.3 is 11.9 Å². The molecular weight excluding hydrogens is 334 g/mol. The van der Waals surface area contributed by atoms with Gasteiger partial charge in [-0.05, 0) is 32.9 Å². The largest absolute Gasteiger partial charge is 0.462 e. The van der Waals surface area contributed by atoms with Gasteiger partial charge in [0.15, 0.2) is 5.78 Å². The second-order valence-electron chi connectivity index (χ2n) is 5.28. The topological polar surface area (TPSA) is 85.5 Å². The van der Waals surface area contributed by atoms with E-state index in [2.05, 4.69) is 16.8 Å². The lowest BCUT2D eigenvalue weighted by Crippen LogP contribution is -2.09. The van der Waals surface area contributed by atoms with Gasteiger partial charge in [-0.1, -0.05) is 24.0 Å². The number of ether oxygens (including phenoxy) is 2. The van der Waals surface area contributed by atoms with Crippen LogP contribution < -0.4 is 0 Å². The van der Waals surface area contributed by atoms with Crippen molar-refractivity contribution in [2.45, 2.75) is 20.8 Å².